The number of benzene rings is 3. The molecule has 0 spiro atoms. The number of para-hydroxylation sites is 1. The Labute approximate surface area is 177 Å². The smallest absolute Gasteiger partial charge is 0.268 e. The summed E-state index contributed by atoms with van der Waals surface area (Å²) in [5.41, 5.74) is 1.57. The van der Waals surface area contributed by atoms with Crippen molar-refractivity contribution in [3.63, 3.8) is 0 Å². The molecule has 0 aliphatic carbocycles. The highest BCUT2D eigenvalue weighted by atomic mass is 35.5. The van der Waals surface area contributed by atoms with Crippen LogP contribution in [-0.2, 0) is 16.9 Å². The second-order valence-electron chi connectivity index (χ2n) is 7.14. The molecule has 29 heavy (non-hydrogen) atoms. The average Bonchev–Trinajstić information content (AvgIpc) is 3.24. The van der Waals surface area contributed by atoms with Crippen molar-refractivity contribution in [2.24, 2.45) is 0 Å². The fourth-order valence-corrected chi connectivity index (χ4v) is 4.31. The molecule has 3 aromatic carbocycles. The summed E-state index contributed by atoms with van der Waals surface area (Å²) in [4.78, 5) is 18.3. The van der Waals surface area contributed by atoms with Crippen LogP contribution < -0.4 is 4.90 Å². The number of aliphatic hydroxyl groups is 1. The Morgan fingerprint density at radius 2 is 1.66 bits per heavy atom. The minimum atomic E-state index is -1.83. The Hall–Kier alpha value is -2.79. The van der Waals surface area contributed by atoms with Crippen LogP contribution in [0.2, 0.25) is 10.0 Å². The van der Waals surface area contributed by atoms with E-state index in [1.165, 1.54) is 0 Å². The number of carbonyl (C=O) groups excluding carboxylic acids is 1. The minimum Gasteiger partial charge on any atom is -0.372 e. The molecule has 1 aliphatic heterocycles. The third kappa shape index (κ3) is 2.76. The molecule has 5 rings (SSSR count). The number of halogens is 2. The van der Waals surface area contributed by atoms with Crippen LogP contribution in [0.4, 0.5) is 5.69 Å². The number of hydrogen-bond acceptors (Lipinski definition) is 2. The van der Waals surface area contributed by atoms with Gasteiger partial charge < -0.3 is 15.0 Å². The first-order valence-electron chi connectivity index (χ1n) is 9.14. The highest BCUT2D eigenvalue weighted by Gasteiger charge is 2.52. The lowest BCUT2D eigenvalue weighted by Crippen LogP contribution is -2.40. The Morgan fingerprint density at radius 3 is 2.45 bits per heavy atom. The number of aromatic amines is 1. The largest absolute Gasteiger partial charge is 0.372 e. The highest BCUT2D eigenvalue weighted by molar-refractivity contribution is 6.31. The Morgan fingerprint density at radius 1 is 0.931 bits per heavy atom. The van der Waals surface area contributed by atoms with Gasteiger partial charge in [-0.3, -0.25) is 4.79 Å². The molecule has 6 heteroatoms. The van der Waals surface area contributed by atoms with Crippen LogP contribution in [-0.4, -0.2) is 16.0 Å². The van der Waals surface area contributed by atoms with Gasteiger partial charge in [0.1, 0.15) is 0 Å². The summed E-state index contributed by atoms with van der Waals surface area (Å²) in [6.07, 6.45) is 1.69. The maximum Gasteiger partial charge on any atom is 0.268 e. The lowest BCUT2D eigenvalue weighted by molar-refractivity contribution is -0.132. The van der Waals surface area contributed by atoms with E-state index < -0.39 is 11.5 Å². The van der Waals surface area contributed by atoms with E-state index in [2.05, 4.69) is 4.98 Å². The van der Waals surface area contributed by atoms with Gasteiger partial charge in [0.15, 0.2) is 5.60 Å². The topological polar surface area (TPSA) is 56.3 Å². The van der Waals surface area contributed by atoms with Gasteiger partial charge in [0, 0.05) is 38.3 Å². The molecule has 1 atom stereocenters. The van der Waals surface area contributed by atoms with E-state index in [0.29, 0.717) is 33.4 Å². The Kier molecular flexibility index (Phi) is 4.17. The Balaban J connectivity index is 1.68. The summed E-state index contributed by atoms with van der Waals surface area (Å²) in [6, 6.07) is 20.1. The van der Waals surface area contributed by atoms with Crippen molar-refractivity contribution in [3.8, 4) is 0 Å². The molecule has 144 valence electrons. The van der Waals surface area contributed by atoms with Crippen molar-refractivity contribution < 1.29 is 9.90 Å². The van der Waals surface area contributed by atoms with Crippen LogP contribution in [0.25, 0.3) is 10.9 Å². The second kappa shape index (κ2) is 6.63. The van der Waals surface area contributed by atoms with Crippen molar-refractivity contribution in [3.05, 3.63) is 99.7 Å². The fraction of sp³-hybridized carbons (Fsp3) is 0.0870. The third-order valence-electron chi connectivity index (χ3n) is 5.43. The molecule has 0 fully saturated rings. The average molecular weight is 423 g/mol. The first-order valence-corrected chi connectivity index (χ1v) is 9.89. The van der Waals surface area contributed by atoms with Crippen molar-refractivity contribution in [2.45, 2.75) is 12.1 Å². The number of aromatic nitrogens is 1. The number of carbonyl (C=O) groups is 1. The molecule has 0 saturated carbocycles. The van der Waals surface area contributed by atoms with E-state index >= 15 is 0 Å². The van der Waals surface area contributed by atoms with Crippen LogP contribution in [0.5, 0.6) is 0 Å². The van der Waals surface area contributed by atoms with Crippen LogP contribution in [0.1, 0.15) is 16.7 Å². The van der Waals surface area contributed by atoms with Crippen LogP contribution >= 0.6 is 23.2 Å². The first-order chi connectivity index (χ1) is 14.0. The molecular formula is C23H16Cl2N2O2. The van der Waals surface area contributed by atoms with Crippen LogP contribution in [0, 0.1) is 0 Å². The fourth-order valence-electron chi connectivity index (χ4n) is 4.01. The van der Waals surface area contributed by atoms with Crippen molar-refractivity contribution in [1.82, 2.24) is 4.98 Å². The van der Waals surface area contributed by atoms with E-state index in [9.17, 15) is 9.90 Å². The van der Waals surface area contributed by atoms with E-state index in [-0.39, 0.29) is 0 Å². The number of rotatable bonds is 3. The zero-order valence-corrected chi connectivity index (χ0v) is 16.7. The van der Waals surface area contributed by atoms with Gasteiger partial charge in [0.05, 0.1) is 12.2 Å². The summed E-state index contributed by atoms with van der Waals surface area (Å²) in [5.74, 6) is -0.408. The molecule has 2 N–H and O–H groups in total. The van der Waals surface area contributed by atoms with Gasteiger partial charge in [-0.25, -0.2) is 0 Å². The molecular weight excluding hydrogens is 407 g/mol. The molecule has 1 aromatic heterocycles. The van der Waals surface area contributed by atoms with E-state index in [0.717, 1.165) is 16.5 Å². The van der Waals surface area contributed by atoms with Gasteiger partial charge >= 0.3 is 0 Å². The standard InChI is InChI=1S/C23H16Cl2N2O2/c24-15-7-5-14(6-8-15)13-27-21-10-9-16(25)11-18(21)23(29,22(27)28)19-12-26-20-4-2-1-3-17(19)20/h1-12,26,29H,13H2/t23-/m1/s1. The van der Waals surface area contributed by atoms with Gasteiger partial charge in [-0.15, -0.1) is 0 Å². The first kappa shape index (κ1) is 18.3. The SMILES string of the molecule is O=C1N(Cc2ccc(Cl)cc2)c2ccc(Cl)cc2[C@@]1(O)c1c[nH]c2ccccc12. The van der Waals surface area contributed by atoms with Gasteiger partial charge in [-0.05, 0) is 42.0 Å². The summed E-state index contributed by atoms with van der Waals surface area (Å²) in [7, 11) is 0. The monoisotopic (exact) mass is 422 g/mol. The van der Waals surface area contributed by atoms with E-state index in [1.54, 1.807) is 41.4 Å². The number of fused-ring (bicyclic) bond motifs is 2. The molecule has 1 aliphatic rings. The molecule has 0 saturated heterocycles. The molecule has 2 heterocycles. The van der Waals surface area contributed by atoms with Crippen molar-refractivity contribution >= 4 is 45.7 Å². The molecule has 4 aromatic rings. The molecule has 0 radical (unpaired) electrons. The minimum absolute atomic E-state index is 0.315. The van der Waals surface area contributed by atoms with Gasteiger partial charge in [-0.1, -0.05) is 53.5 Å². The summed E-state index contributed by atoms with van der Waals surface area (Å²) in [5, 5.41) is 13.7. The van der Waals surface area contributed by atoms with Crippen LogP contribution in [0.3, 0.4) is 0 Å². The number of nitrogens with zero attached hydrogens (tertiary/aromatic N) is 1. The summed E-state index contributed by atoms with van der Waals surface area (Å²) < 4.78 is 0. The number of H-pyrrole nitrogens is 1. The van der Waals surface area contributed by atoms with Gasteiger partial charge in [-0.2, -0.15) is 0 Å². The summed E-state index contributed by atoms with van der Waals surface area (Å²) in [6.45, 7) is 0.315. The van der Waals surface area contributed by atoms with E-state index in [1.807, 2.05) is 36.4 Å². The number of hydrogen-bond donors (Lipinski definition) is 2. The molecule has 4 nitrogen and oxygen atoms in total. The third-order valence-corrected chi connectivity index (χ3v) is 5.91. The predicted octanol–water partition coefficient (Wildman–Crippen LogP) is 5.26. The molecule has 1 amide bonds. The number of anilines is 1. The van der Waals surface area contributed by atoms with Crippen molar-refractivity contribution in [1.29, 1.82) is 0 Å². The normalized spacial score (nSPS) is 18.4. The lowest BCUT2D eigenvalue weighted by atomic mass is 9.87. The second-order valence-corrected chi connectivity index (χ2v) is 8.01. The predicted molar refractivity (Wildman–Crippen MR) is 115 cm³/mol. The molecule has 0 bridgehead atoms. The highest BCUT2D eigenvalue weighted by Crippen LogP contribution is 2.47. The van der Waals surface area contributed by atoms with Crippen molar-refractivity contribution in [2.75, 3.05) is 4.90 Å². The zero-order chi connectivity index (χ0) is 20.2. The van der Waals surface area contributed by atoms with Gasteiger partial charge in [0.2, 0.25) is 0 Å². The Bertz CT molecular complexity index is 1250. The zero-order valence-electron chi connectivity index (χ0n) is 15.2. The maximum absolute atomic E-state index is 13.6. The number of nitrogens with one attached hydrogen (secondary N) is 1. The van der Waals surface area contributed by atoms with Gasteiger partial charge in [0.25, 0.3) is 5.91 Å². The maximum atomic E-state index is 13.6. The van der Waals surface area contributed by atoms with Crippen LogP contribution in [0.15, 0.2) is 72.9 Å². The summed E-state index contributed by atoms with van der Waals surface area (Å²) >= 11 is 12.2. The quantitative estimate of drug-likeness (QED) is 0.473. The number of amides is 1. The van der Waals surface area contributed by atoms with E-state index in [4.69, 9.17) is 23.2 Å². The molecule has 0 unspecified atom stereocenters. The lowest BCUT2D eigenvalue weighted by Gasteiger charge is -2.23.